The van der Waals surface area contributed by atoms with Gasteiger partial charge >= 0.3 is 7.12 Å². The van der Waals surface area contributed by atoms with Gasteiger partial charge in [-0.05, 0) is 73.7 Å². The van der Waals surface area contributed by atoms with Gasteiger partial charge in [0, 0.05) is 13.7 Å². The van der Waals surface area contributed by atoms with Crippen LogP contribution in [0.4, 0.5) is 0 Å². The lowest BCUT2D eigenvalue weighted by molar-refractivity contribution is -0.140. The second-order valence-electron chi connectivity index (χ2n) is 9.70. The summed E-state index contributed by atoms with van der Waals surface area (Å²) in [7, 11) is 0.670. The third-order valence-corrected chi connectivity index (χ3v) is 7.27. The van der Waals surface area contributed by atoms with E-state index in [4.69, 9.17) is 9.39 Å². The largest absolute Gasteiger partial charge is 0.508 e. The lowest BCUT2D eigenvalue weighted by Gasteiger charge is -2.43. The summed E-state index contributed by atoms with van der Waals surface area (Å²) in [5, 5.41) is 20.1. The van der Waals surface area contributed by atoms with Crippen molar-refractivity contribution >= 4 is 25.0 Å². The second kappa shape index (κ2) is 10.5. The van der Waals surface area contributed by atoms with E-state index in [-0.39, 0.29) is 35.5 Å². The average molecular weight is 467 g/mol. The van der Waals surface area contributed by atoms with Gasteiger partial charge in [0.15, 0.2) is 0 Å². The van der Waals surface area contributed by atoms with E-state index in [1.165, 1.54) is 4.90 Å². The fourth-order valence-corrected chi connectivity index (χ4v) is 5.87. The lowest BCUT2D eigenvalue weighted by Crippen LogP contribution is -2.46. The SMILES string of the molecule is CCCN1C(=O)[C@@H]2[C@@H](CC(COC)=C3[C@@H](CC/C(C)=C/c4ccc(O)cc4)OB(O)C[C@@H]32)C1=O. The number of hydrogen-bond acceptors (Lipinski definition) is 6. The number of likely N-dealkylation sites (tertiary alicyclic amines) is 1. The normalized spacial score (nSPS) is 27.4. The van der Waals surface area contributed by atoms with Crippen molar-refractivity contribution in [2.75, 3.05) is 20.3 Å². The van der Waals surface area contributed by atoms with E-state index in [0.29, 0.717) is 32.3 Å². The molecular formula is C26H34BNO6. The molecule has 34 heavy (non-hydrogen) atoms. The maximum absolute atomic E-state index is 13.3. The zero-order valence-corrected chi connectivity index (χ0v) is 20.2. The van der Waals surface area contributed by atoms with E-state index < -0.39 is 13.0 Å². The van der Waals surface area contributed by atoms with Crippen molar-refractivity contribution in [3.63, 3.8) is 0 Å². The van der Waals surface area contributed by atoms with Gasteiger partial charge in [0.2, 0.25) is 11.8 Å². The average Bonchev–Trinajstić information content (AvgIpc) is 3.04. The second-order valence-corrected chi connectivity index (χ2v) is 9.70. The van der Waals surface area contributed by atoms with E-state index in [1.807, 2.05) is 26.0 Å². The summed E-state index contributed by atoms with van der Waals surface area (Å²) in [6.45, 7) is 4.84. The van der Waals surface area contributed by atoms with Crippen molar-refractivity contribution in [2.24, 2.45) is 17.8 Å². The van der Waals surface area contributed by atoms with Crippen LogP contribution in [-0.4, -0.2) is 60.3 Å². The summed E-state index contributed by atoms with van der Waals surface area (Å²) >= 11 is 0. The van der Waals surface area contributed by atoms with Gasteiger partial charge in [0.25, 0.3) is 0 Å². The Balaban J connectivity index is 1.59. The summed E-state index contributed by atoms with van der Waals surface area (Å²) in [6.07, 6.45) is 4.71. The van der Waals surface area contributed by atoms with Gasteiger partial charge in [-0.3, -0.25) is 14.5 Å². The third kappa shape index (κ3) is 4.85. The first-order valence-corrected chi connectivity index (χ1v) is 12.2. The number of nitrogens with zero attached hydrogens (tertiary/aromatic N) is 1. The minimum absolute atomic E-state index is 0.0882. The molecule has 4 atom stereocenters. The third-order valence-electron chi connectivity index (χ3n) is 7.27. The number of hydrogen-bond donors (Lipinski definition) is 2. The molecule has 2 N–H and O–H groups in total. The quantitative estimate of drug-likeness (QED) is 0.346. The highest BCUT2D eigenvalue weighted by Gasteiger charge is 2.57. The van der Waals surface area contributed by atoms with Crippen LogP contribution in [0.5, 0.6) is 5.75 Å². The molecule has 2 saturated heterocycles. The molecule has 2 aliphatic heterocycles. The highest BCUT2D eigenvalue weighted by Crippen LogP contribution is 2.50. The number of fused-ring (bicyclic) bond motifs is 3. The van der Waals surface area contributed by atoms with E-state index in [0.717, 1.165) is 35.1 Å². The molecule has 2 amide bonds. The summed E-state index contributed by atoms with van der Waals surface area (Å²) in [4.78, 5) is 27.8. The van der Waals surface area contributed by atoms with Crippen LogP contribution in [0.25, 0.3) is 6.08 Å². The predicted molar refractivity (Wildman–Crippen MR) is 130 cm³/mol. The van der Waals surface area contributed by atoms with Crippen LogP contribution in [0.15, 0.2) is 41.0 Å². The number of ether oxygens (including phenoxy) is 1. The number of amides is 2. The van der Waals surface area contributed by atoms with Gasteiger partial charge in [0.1, 0.15) is 5.75 Å². The number of aromatic hydroxyl groups is 1. The predicted octanol–water partition coefficient (Wildman–Crippen LogP) is 3.43. The van der Waals surface area contributed by atoms with Crippen molar-refractivity contribution in [3.05, 3.63) is 46.5 Å². The molecule has 1 aromatic carbocycles. The maximum Gasteiger partial charge on any atom is 0.455 e. The molecule has 0 bridgehead atoms. The van der Waals surface area contributed by atoms with Crippen LogP contribution in [0.3, 0.4) is 0 Å². The zero-order valence-electron chi connectivity index (χ0n) is 20.2. The first-order valence-electron chi connectivity index (χ1n) is 12.2. The van der Waals surface area contributed by atoms with Crippen molar-refractivity contribution in [3.8, 4) is 5.75 Å². The molecule has 2 heterocycles. The molecule has 0 saturated carbocycles. The summed E-state index contributed by atoms with van der Waals surface area (Å²) < 4.78 is 11.5. The molecule has 2 fully saturated rings. The van der Waals surface area contributed by atoms with Gasteiger partial charge < -0.3 is 19.5 Å². The number of imide groups is 1. The standard InChI is InChI=1S/C26H34BNO6/c1-4-11-28-25(30)20-13-18(15-33-3)23-21(24(20)26(28)31)14-27(32)34-22(23)10-5-16(2)12-17-6-8-19(29)9-7-17/h6-9,12,20-22,24,29,32H,4-5,10-11,13-15H2,1-3H3/b16-12+/t20-,21+,22-,24-/m1/s1. The van der Waals surface area contributed by atoms with Crippen LogP contribution in [0.1, 0.15) is 45.1 Å². The van der Waals surface area contributed by atoms with Crippen LogP contribution < -0.4 is 0 Å². The number of methoxy groups -OCH3 is 1. The first kappa shape index (κ1) is 24.7. The molecule has 1 aliphatic carbocycles. The number of benzene rings is 1. The van der Waals surface area contributed by atoms with Crippen LogP contribution in [-0.2, 0) is 19.0 Å². The number of phenols is 1. The van der Waals surface area contributed by atoms with Gasteiger partial charge in [-0.25, -0.2) is 0 Å². The number of carbonyl (C=O) groups is 2. The molecule has 182 valence electrons. The van der Waals surface area contributed by atoms with Crippen molar-refractivity contribution < 1.29 is 29.1 Å². The van der Waals surface area contributed by atoms with E-state index in [1.54, 1.807) is 19.2 Å². The smallest absolute Gasteiger partial charge is 0.455 e. The first-order chi connectivity index (χ1) is 16.3. The van der Waals surface area contributed by atoms with Crippen molar-refractivity contribution in [2.45, 2.75) is 52.0 Å². The number of carbonyl (C=O) groups excluding carboxylic acids is 2. The summed E-state index contributed by atoms with van der Waals surface area (Å²) in [6, 6.07) is 7.04. The minimum atomic E-state index is -0.967. The Hall–Kier alpha value is -2.42. The van der Waals surface area contributed by atoms with Crippen LogP contribution in [0.2, 0.25) is 6.32 Å². The van der Waals surface area contributed by atoms with Gasteiger partial charge in [-0.15, -0.1) is 0 Å². The minimum Gasteiger partial charge on any atom is -0.508 e. The monoisotopic (exact) mass is 467 g/mol. The molecule has 1 aromatic rings. The Kier molecular flexibility index (Phi) is 7.60. The molecular weight excluding hydrogens is 433 g/mol. The van der Waals surface area contributed by atoms with E-state index in [9.17, 15) is 19.7 Å². The van der Waals surface area contributed by atoms with Gasteiger partial charge in [0.05, 0.1) is 24.5 Å². The number of phenolic OH excluding ortho intramolecular Hbond substituents is 1. The van der Waals surface area contributed by atoms with Crippen LogP contribution >= 0.6 is 0 Å². The Labute approximate surface area is 201 Å². The fourth-order valence-electron chi connectivity index (χ4n) is 5.87. The van der Waals surface area contributed by atoms with E-state index in [2.05, 4.69) is 6.08 Å². The Bertz CT molecular complexity index is 988. The van der Waals surface area contributed by atoms with Crippen LogP contribution in [0, 0.1) is 17.8 Å². The van der Waals surface area contributed by atoms with E-state index >= 15 is 0 Å². The maximum atomic E-state index is 13.3. The van der Waals surface area contributed by atoms with Gasteiger partial charge in [-0.1, -0.05) is 30.7 Å². The molecule has 7 nitrogen and oxygen atoms in total. The highest BCUT2D eigenvalue weighted by molar-refractivity contribution is 6.43. The van der Waals surface area contributed by atoms with Gasteiger partial charge in [-0.2, -0.15) is 0 Å². The Morgan fingerprint density at radius 2 is 1.97 bits per heavy atom. The lowest BCUT2D eigenvalue weighted by atomic mass is 9.58. The van der Waals surface area contributed by atoms with Crippen molar-refractivity contribution in [1.29, 1.82) is 0 Å². The molecule has 8 heteroatoms. The summed E-state index contributed by atoms with van der Waals surface area (Å²) in [5.74, 6) is -0.973. The molecule has 3 aliphatic rings. The number of rotatable bonds is 8. The molecule has 0 aromatic heterocycles. The van der Waals surface area contributed by atoms with Crippen molar-refractivity contribution in [1.82, 2.24) is 4.90 Å². The molecule has 0 radical (unpaired) electrons. The Morgan fingerprint density at radius 3 is 2.65 bits per heavy atom. The molecule has 0 unspecified atom stereocenters. The summed E-state index contributed by atoms with van der Waals surface area (Å²) in [5.41, 5.74) is 4.23. The Morgan fingerprint density at radius 1 is 1.24 bits per heavy atom. The molecule has 4 rings (SSSR count). The number of allylic oxidation sites excluding steroid dienone is 1. The zero-order chi connectivity index (χ0) is 24.4. The topological polar surface area (TPSA) is 96.3 Å². The molecule has 0 spiro atoms. The fraction of sp³-hybridized carbons (Fsp3) is 0.538. The highest BCUT2D eigenvalue weighted by atomic mass is 16.5.